The third kappa shape index (κ3) is 3.21. The van der Waals surface area contributed by atoms with E-state index in [2.05, 4.69) is 26.2 Å². The number of pyridine rings is 1. The normalized spacial score (nSPS) is 10.9. The first-order valence-corrected chi connectivity index (χ1v) is 8.55. The number of benzene rings is 1. The average molecular weight is 396 g/mol. The van der Waals surface area contributed by atoms with Gasteiger partial charge in [-0.3, -0.25) is 4.79 Å². The molecule has 4 rings (SSSR count). The Morgan fingerprint density at radius 1 is 1.12 bits per heavy atom. The van der Waals surface area contributed by atoms with Crippen molar-refractivity contribution in [2.24, 2.45) is 0 Å². The molecule has 0 saturated heterocycles. The van der Waals surface area contributed by atoms with Crippen molar-refractivity contribution in [3.63, 3.8) is 0 Å². The van der Waals surface area contributed by atoms with Crippen molar-refractivity contribution >= 4 is 38.8 Å². The summed E-state index contributed by atoms with van der Waals surface area (Å²) in [4.78, 5) is 16.9. The monoisotopic (exact) mass is 395 g/mol. The minimum atomic E-state index is -0.225. The molecule has 4 aromatic rings. The van der Waals surface area contributed by atoms with Gasteiger partial charge in [-0.25, -0.2) is 4.98 Å². The second-order valence-electron chi connectivity index (χ2n) is 5.57. The highest BCUT2D eigenvalue weighted by Crippen LogP contribution is 2.28. The zero-order valence-electron chi connectivity index (χ0n) is 13.1. The fourth-order valence-corrected chi connectivity index (χ4v) is 3.14. The number of fused-ring (bicyclic) bond motifs is 1. The molecule has 0 saturated carbocycles. The molecular weight excluding hydrogens is 382 g/mol. The van der Waals surface area contributed by atoms with Gasteiger partial charge in [0, 0.05) is 24.9 Å². The van der Waals surface area contributed by atoms with Gasteiger partial charge in [0.05, 0.1) is 5.52 Å². The third-order valence-electron chi connectivity index (χ3n) is 3.88. The molecule has 25 heavy (non-hydrogen) atoms. The van der Waals surface area contributed by atoms with Gasteiger partial charge in [0.1, 0.15) is 11.5 Å². The number of rotatable bonds is 4. The molecule has 3 heterocycles. The molecule has 0 fully saturated rings. The van der Waals surface area contributed by atoms with Gasteiger partial charge in [-0.1, -0.05) is 36.4 Å². The van der Waals surface area contributed by atoms with Crippen LogP contribution >= 0.6 is 15.9 Å². The highest BCUT2D eigenvalue weighted by molar-refractivity contribution is 9.10. The van der Waals surface area contributed by atoms with Crippen molar-refractivity contribution in [1.29, 1.82) is 0 Å². The standard InChI is InChI=1S/C19H14BrN3O2/c20-17-11-14-16(25-17)10-15(19(24)22-18-8-4-5-9-21-18)23(14)12-13-6-2-1-3-7-13/h1-11H,12H2,(H,21,22,24). The lowest BCUT2D eigenvalue weighted by atomic mass is 10.2. The molecule has 0 aliphatic heterocycles. The zero-order valence-corrected chi connectivity index (χ0v) is 14.7. The lowest BCUT2D eigenvalue weighted by Crippen LogP contribution is -2.18. The zero-order chi connectivity index (χ0) is 17.2. The highest BCUT2D eigenvalue weighted by Gasteiger charge is 2.19. The Morgan fingerprint density at radius 2 is 1.92 bits per heavy atom. The molecule has 1 aromatic carbocycles. The Morgan fingerprint density at radius 3 is 2.68 bits per heavy atom. The maximum Gasteiger partial charge on any atom is 0.273 e. The van der Waals surface area contributed by atoms with Crippen LogP contribution in [-0.2, 0) is 6.54 Å². The number of nitrogens with one attached hydrogen (secondary N) is 1. The molecular formula is C19H14BrN3O2. The van der Waals surface area contributed by atoms with Crippen LogP contribution in [0.15, 0.2) is 75.9 Å². The number of furan rings is 1. The summed E-state index contributed by atoms with van der Waals surface area (Å²) < 4.78 is 8.20. The van der Waals surface area contributed by atoms with Gasteiger partial charge >= 0.3 is 0 Å². The first-order valence-electron chi connectivity index (χ1n) is 7.75. The summed E-state index contributed by atoms with van der Waals surface area (Å²) in [5, 5.41) is 2.83. The second kappa shape index (κ2) is 6.57. The second-order valence-corrected chi connectivity index (χ2v) is 6.35. The van der Waals surface area contributed by atoms with E-state index in [-0.39, 0.29) is 5.91 Å². The van der Waals surface area contributed by atoms with Crippen molar-refractivity contribution in [3.05, 3.63) is 82.8 Å². The van der Waals surface area contributed by atoms with Crippen LogP contribution in [0.3, 0.4) is 0 Å². The summed E-state index contributed by atoms with van der Waals surface area (Å²) >= 11 is 3.35. The van der Waals surface area contributed by atoms with Crippen LogP contribution in [0.5, 0.6) is 0 Å². The van der Waals surface area contributed by atoms with Gasteiger partial charge in [0.15, 0.2) is 10.3 Å². The number of amides is 1. The van der Waals surface area contributed by atoms with Crippen LogP contribution in [0.2, 0.25) is 0 Å². The van der Waals surface area contributed by atoms with Gasteiger partial charge < -0.3 is 14.3 Å². The molecule has 0 aliphatic rings. The van der Waals surface area contributed by atoms with Crippen LogP contribution < -0.4 is 5.32 Å². The maximum absolute atomic E-state index is 12.8. The number of aromatic nitrogens is 2. The van der Waals surface area contributed by atoms with Crippen molar-refractivity contribution < 1.29 is 9.21 Å². The summed E-state index contributed by atoms with van der Waals surface area (Å²) in [7, 11) is 0. The van der Waals surface area contributed by atoms with Crippen LogP contribution in [0.4, 0.5) is 5.82 Å². The molecule has 6 heteroatoms. The van der Waals surface area contributed by atoms with E-state index in [1.807, 2.05) is 47.0 Å². The largest absolute Gasteiger partial charge is 0.448 e. The van der Waals surface area contributed by atoms with E-state index in [9.17, 15) is 4.79 Å². The Kier molecular flexibility index (Phi) is 4.11. The highest BCUT2D eigenvalue weighted by atomic mass is 79.9. The molecule has 0 atom stereocenters. The van der Waals surface area contributed by atoms with Crippen molar-refractivity contribution in [3.8, 4) is 0 Å². The molecule has 0 bridgehead atoms. The number of hydrogen-bond acceptors (Lipinski definition) is 3. The molecule has 1 amide bonds. The molecule has 0 radical (unpaired) electrons. The quantitative estimate of drug-likeness (QED) is 0.544. The minimum Gasteiger partial charge on any atom is -0.448 e. The number of carbonyl (C=O) groups excluding carboxylic acids is 1. The first kappa shape index (κ1) is 15.7. The van der Waals surface area contributed by atoms with Crippen LogP contribution in [0.1, 0.15) is 16.1 Å². The summed E-state index contributed by atoms with van der Waals surface area (Å²) in [6, 6.07) is 19.0. The van der Waals surface area contributed by atoms with Crippen LogP contribution in [0, 0.1) is 0 Å². The average Bonchev–Trinajstić information content (AvgIpc) is 3.14. The fraction of sp³-hybridized carbons (Fsp3) is 0.0526. The number of hydrogen-bond donors (Lipinski definition) is 1. The molecule has 0 spiro atoms. The Balaban J connectivity index is 1.73. The number of carbonyl (C=O) groups is 1. The van der Waals surface area contributed by atoms with E-state index < -0.39 is 0 Å². The lowest BCUT2D eigenvalue weighted by Gasteiger charge is -2.10. The Bertz CT molecular complexity index is 1020. The smallest absolute Gasteiger partial charge is 0.273 e. The predicted octanol–water partition coefficient (Wildman–Crippen LogP) is 4.69. The number of halogens is 1. The molecule has 1 N–H and O–H groups in total. The van der Waals surface area contributed by atoms with Crippen molar-refractivity contribution in [2.75, 3.05) is 5.32 Å². The topological polar surface area (TPSA) is 60.1 Å². The van der Waals surface area contributed by atoms with E-state index in [4.69, 9.17) is 4.42 Å². The molecule has 5 nitrogen and oxygen atoms in total. The van der Waals surface area contributed by atoms with Gasteiger partial charge in [-0.2, -0.15) is 0 Å². The van der Waals surface area contributed by atoms with Gasteiger partial charge in [0.25, 0.3) is 5.91 Å². The lowest BCUT2D eigenvalue weighted by molar-refractivity contribution is 0.101. The van der Waals surface area contributed by atoms with Crippen molar-refractivity contribution in [1.82, 2.24) is 9.55 Å². The van der Waals surface area contributed by atoms with Gasteiger partial charge in [-0.15, -0.1) is 0 Å². The molecule has 124 valence electrons. The first-order chi connectivity index (χ1) is 12.2. The van der Waals surface area contributed by atoms with Gasteiger partial charge in [0.2, 0.25) is 0 Å². The summed E-state index contributed by atoms with van der Waals surface area (Å²) in [5.74, 6) is 0.287. The summed E-state index contributed by atoms with van der Waals surface area (Å²) in [6.07, 6.45) is 1.64. The molecule has 0 unspecified atom stereocenters. The minimum absolute atomic E-state index is 0.225. The summed E-state index contributed by atoms with van der Waals surface area (Å²) in [6.45, 7) is 0.571. The SMILES string of the molecule is O=C(Nc1ccccn1)c1cc2oc(Br)cc2n1Cc1ccccc1. The van der Waals surface area contributed by atoms with Crippen molar-refractivity contribution in [2.45, 2.75) is 6.54 Å². The molecule has 3 aromatic heterocycles. The van der Waals surface area contributed by atoms with E-state index in [0.717, 1.165) is 11.1 Å². The van der Waals surface area contributed by atoms with Crippen LogP contribution in [-0.4, -0.2) is 15.5 Å². The Hall–Kier alpha value is -2.86. The van der Waals surface area contributed by atoms with Crippen LogP contribution in [0.25, 0.3) is 11.1 Å². The van der Waals surface area contributed by atoms with E-state index >= 15 is 0 Å². The number of anilines is 1. The van der Waals surface area contributed by atoms with E-state index in [1.165, 1.54) is 0 Å². The van der Waals surface area contributed by atoms with E-state index in [1.54, 1.807) is 24.4 Å². The summed E-state index contributed by atoms with van der Waals surface area (Å²) in [5.41, 5.74) is 3.15. The Labute approximate surface area is 152 Å². The van der Waals surface area contributed by atoms with Gasteiger partial charge in [-0.05, 0) is 33.6 Å². The molecule has 0 aliphatic carbocycles. The van der Waals surface area contributed by atoms with E-state index in [0.29, 0.717) is 28.3 Å². The maximum atomic E-state index is 12.8. The third-order valence-corrected chi connectivity index (χ3v) is 4.27. The number of nitrogens with zero attached hydrogens (tertiary/aromatic N) is 2. The fourth-order valence-electron chi connectivity index (χ4n) is 2.75. The predicted molar refractivity (Wildman–Crippen MR) is 99.6 cm³/mol.